The Labute approximate surface area is 153 Å². The minimum Gasteiger partial charge on any atom is -0.464 e. The van der Waals surface area contributed by atoms with Crippen LogP contribution in [0.2, 0.25) is 0 Å². The van der Waals surface area contributed by atoms with Gasteiger partial charge in [-0.3, -0.25) is 0 Å². The molecule has 0 saturated heterocycles. The molecule has 6 heteroatoms. The van der Waals surface area contributed by atoms with E-state index >= 15 is 0 Å². The fourth-order valence-electron chi connectivity index (χ4n) is 2.76. The quantitative estimate of drug-likeness (QED) is 0.640. The normalized spacial score (nSPS) is 10.9. The highest BCUT2D eigenvalue weighted by Crippen LogP contribution is 2.18. The second kappa shape index (κ2) is 7.93. The Hall–Kier alpha value is -2.99. The lowest BCUT2D eigenvalue weighted by Gasteiger charge is -2.11. The second-order valence-electron chi connectivity index (χ2n) is 6.33. The molecule has 2 heterocycles. The van der Waals surface area contributed by atoms with E-state index in [0.29, 0.717) is 18.1 Å². The fourth-order valence-corrected chi connectivity index (χ4v) is 2.76. The first-order valence-corrected chi connectivity index (χ1v) is 8.36. The van der Waals surface area contributed by atoms with Crippen LogP contribution in [0.3, 0.4) is 0 Å². The molecule has 0 N–H and O–H groups in total. The fraction of sp³-hybridized carbons (Fsp3) is 0.250. The van der Waals surface area contributed by atoms with Crippen LogP contribution in [0, 0.1) is 0 Å². The summed E-state index contributed by atoms with van der Waals surface area (Å²) in [4.78, 5) is 22.6. The van der Waals surface area contributed by atoms with E-state index in [2.05, 4.69) is 53.2 Å². The number of carbonyl (C=O) groups excluding carboxylic acids is 1. The van der Waals surface area contributed by atoms with Crippen molar-refractivity contribution in [3.05, 3.63) is 71.7 Å². The first kappa shape index (κ1) is 17.8. The summed E-state index contributed by atoms with van der Waals surface area (Å²) in [6, 6.07) is 13.8. The molecule has 0 radical (unpaired) electrons. The minimum atomic E-state index is -0.457. The Morgan fingerprint density at radius 1 is 1.12 bits per heavy atom. The van der Waals surface area contributed by atoms with Crippen LogP contribution in [0.15, 0.2) is 54.9 Å². The number of esters is 1. The number of benzene rings is 1. The zero-order chi connectivity index (χ0) is 18.5. The van der Waals surface area contributed by atoms with Crippen molar-refractivity contribution in [3.63, 3.8) is 0 Å². The zero-order valence-electron chi connectivity index (χ0n) is 15.2. The average Bonchev–Trinajstić information content (AvgIpc) is 3.10. The van der Waals surface area contributed by atoms with Gasteiger partial charge in [-0.1, -0.05) is 30.3 Å². The third-order valence-corrected chi connectivity index (χ3v) is 3.96. The maximum absolute atomic E-state index is 11.7. The number of rotatable bonds is 6. The van der Waals surface area contributed by atoms with E-state index in [1.165, 1.54) is 18.2 Å². The van der Waals surface area contributed by atoms with Gasteiger partial charge < -0.3 is 14.2 Å². The van der Waals surface area contributed by atoms with E-state index in [-0.39, 0.29) is 5.69 Å². The van der Waals surface area contributed by atoms with Crippen LogP contribution in [-0.2, 0) is 17.8 Å². The molecular weight excluding hydrogens is 328 g/mol. The van der Waals surface area contributed by atoms with Crippen molar-refractivity contribution >= 4 is 5.97 Å². The minimum absolute atomic E-state index is 0.271. The van der Waals surface area contributed by atoms with Gasteiger partial charge in [-0.15, -0.1) is 0 Å². The van der Waals surface area contributed by atoms with Crippen LogP contribution in [0.1, 0.15) is 21.6 Å². The van der Waals surface area contributed by atoms with Gasteiger partial charge in [-0.2, -0.15) is 0 Å². The Bertz CT molecular complexity index is 885. The molecule has 3 rings (SSSR count). The summed E-state index contributed by atoms with van der Waals surface area (Å²) in [6.07, 6.45) is 3.65. The Morgan fingerprint density at radius 3 is 2.54 bits per heavy atom. The number of aromatic nitrogens is 3. The standard InChI is InChI=1S/C20H22N4O2/c1-23(2)13-15-7-9-16(10-8-15)14-24-12-11-21-19(24)17-5-4-6-18(22-17)20(25)26-3/h4-12H,13-14H2,1-3H3. The van der Waals surface area contributed by atoms with E-state index in [9.17, 15) is 4.79 Å². The van der Waals surface area contributed by atoms with E-state index in [1.54, 1.807) is 18.3 Å². The number of hydrogen-bond acceptors (Lipinski definition) is 5. The SMILES string of the molecule is COC(=O)c1cccc(-c2nccn2Cc2ccc(CN(C)C)cc2)n1. The molecule has 0 unspecified atom stereocenters. The Kier molecular flexibility index (Phi) is 5.43. The summed E-state index contributed by atoms with van der Waals surface area (Å²) in [7, 11) is 5.46. The number of pyridine rings is 1. The van der Waals surface area contributed by atoms with Gasteiger partial charge in [-0.05, 0) is 37.4 Å². The number of carbonyl (C=O) groups is 1. The highest BCUT2D eigenvalue weighted by Gasteiger charge is 2.12. The molecule has 6 nitrogen and oxygen atoms in total. The molecule has 0 spiro atoms. The molecule has 26 heavy (non-hydrogen) atoms. The molecule has 0 atom stereocenters. The van der Waals surface area contributed by atoms with Crippen molar-refractivity contribution in [2.75, 3.05) is 21.2 Å². The molecule has 0 amide bonds. The summed E-state index contributed by atoms with van der Waals surface area (Å²) in [5.41, 5.74) is 3.36. The average molecular weight is 350 g/mol. The van der Waals surface area contributed by atoms with Crippen molar-refractivity contribution in [2.45, 2.75) is 13.1 Å². The van der Waals surface area contributed by atoms with Gasteiger partial charge >= 0.3 is 5.97 Å². The van der Waals surface area contributed by atoms with Crippen molar-refractivity contribution in [1.82, 2.24) is 19.4 Å². The smallest absolute Gasteiger partial charge is 0.356 e. The summed E-state index contributed by atoms with van der Waals surface area (Å²) in [5.74, 6) is 0.259. The molecule has 0 aliphatic carbocycles. The van der Waals surface area contributed by atoms with Crippen LogP contribution in [0.25, 0.3) is 11.5 Å². The zero-order valence-corrected chi connectivity index (χ0v) is 15.2. The first-order chi connectivity index (χ1) is 12.6. The summed E-state index contributed by atoms with van der Waals surface area (Å²) >= 11 is 0. The number of hydrogen-bond donors (Lipinski definition) is 0. The Balaban J connectivity index is 1.82. The molecule has 0 saturated carbocycles. The van der Waals surface area contributed by atoms with Crippen LogP contribution in [-0.4, -0.2) is 46.6 Å². The van der Waals surface area contributed by atoms with Gasteiger partial charge in [0.2, 0.25) is 0 Å². The molecule has 0 fully saturated rings. The topological polar surface area (TPSA) is 60.2 Å². The molecule has 134 valence electrons. The lowest BCUT2D eigenvalue weighted by atomic mass is 10.1. The molecule has 0 aliphatic rings. The summed E-state index contributed by atoms with van der Waals surface area (Å²) in [5, 5.41) is 0. The lowest BCUT2D eigenvalue weighted by Crippen LogP contribution is -2.10. The molecule has 0 bridgehead atoms. The predicted octanol–water partition coefficient (Wildman–Crippen LogP) is 2.84. The van der Waals surface area contributed by atoms with Gasteiger partial charge in [0.1, 0.15) is 11.4 Å². The molecule has 1 aromatic carbocycles. The molecule has 2 aromatic heterocycles. The number of methoxy groups -OCH3 is 1. The molecule has 0 aliphatic heterocycles. The monoisotopic (exact) mass is 350 g/mol. The largest absolute Gasteiger partial charge is 0.464 e. The first-order valence-electron chi connectivity index (χ1n) is 8.36. The van der Waals surface area contributed by atoms with Crippen LogP contribution >= 0.6 is 0 Å². The van der Waals surface area contributed by atoms with Gasteiger partial charge in [0, 0.05) is 25.5 Å². The van der Waals surface area contributed by atoms with Gasteiger partial charge in [-0.25, -0.2) is 14.8 Å². The molecule has 3 aromatic rings. The van der Waals surface area contributed by atoms with E-state index in [0.717, 1.165) is 6.54 Å². The number of ether oxygens (including phenoxy) is 1. The maximum atomic E-state index is 11.7. The van der Waals surface area contributed by atoms with E-state index in [1.807, 2.05) is 16.8 Å². The van der Waals surface area contributed by atoms with Crippen molar-refractivity contribution in [1.29, 1.82) is 0 Å². The lowest BCUT2D eigenvalue weighted by molar-refractivity contribution is 0.0594. The maximum Gasteiger partial charge on any atom is 0.356 e. The summed E-state index contributed by atoms with van der Waals surface area (Å²) in [6.45, 7) is 1.60. The third kappa shape index (κ3) is 4.15. The third-order valence-electron chi connectivity index (χ3n) is 3.96. The molecular formula is C20H22N4O2. The van der Waals surface area contributed by atoms with E-state index < -0.39 is 5.97 Å². The highest BCUT2D eigenvalue weighted by atomic mass is 16.5. The van der Waals surface area contributed by atoms with Crippen LogP contribution < -0.4 is 0 Å². The van der Waals surface area contributed by atoms with Gasteiger partial charge in [0.15, 0.2) is 5.82 Å². The van der Waals surface area contributed by atoms with Crippen LogP contribution in [0.4, 0.5) is 0 Å². The van der Waals surface area contributed by atoms with Gasteiger partial charge in [0.25, 0.3) is 0 Å². The highest BCUT2D eigenvalue weighted by molar-refractivity contribution is 5.87. The van der Waals surface area contributed by atoms with Gasteiger partial charge in [0.05, 0.1) is 7.11 Å². The number of nitrogens with zero attached hydrogens (tertiary/aromatic N) is 4. The predicted molar refractivity (Wildman–Crippen MR) is 99.7 cm³/mol. The Morgan fingerprint density at radius 2 is 1.85 bits per heavy atom. The summed E-state index contributed by atoms with van der Waals surface area (Å²) < 4.78 is 6.76. The van der Waals surface area contributed by atoms with Crippen molar-refractivity contribution in [3.8, 4) is 11.5 Å². The number of imidazole rings is 1. The van der Waals surface area contributed by atoms with E-state index in [4.69, 9.17) is 4.74 Å². The van der Waals surface area contributed by atoms with Crippen molar-refractivity contribution in [2.24, 2.45) is 0 Å². The second-order valence-corrected chi connectivity index (χ2v) is 6.33. The van der Waals surface area contributed by atoms with Crippen LogP contribution in [0.5, 0.6) is 0 Å². The van der Waals surface area contributed by atoms with Crippen molar-refractivity contribution < 1.29 is 9.53 Å².